The average Bonchev–Trinajstić information content (AvgIpc) is 2.46. The van der Waals surface area contributed by atoms with E-state index in [0.29, 0.717) is 6.54 Å². The molecule has 0 saturated carbocycles. The summed E-state index contributed by atoms with van der Waals surface area (Å²) in [5, 5.41) is 12.6. The Morgan fingerprint density at radius 3 is 3.05 bits per heavy atom. The molecule has 2 atom stereocenters. The second-order valence-electron chi connectivity index (χ2n) is 5.40. The molecule has 1 aromatic rings. The minimum absolute atomic E-state index is 0.271. The lowest BCUT2D eigenvalue weighted by atomic mass is 9.86. The van der Waals surface area contributed by atoms with Crippen LogP contribution in [0.25, 0.3) is 0 Å². The number of carbonyl (C=O) groups is 1. The summed E-state index contributed by atoms with van der Waals surface area (Å²) in [6.45, 7) is 2.24. The van der Waals surface area contributed by atoms with Crippen molar-refractivity contribution in [3.8, 4) is 0 Å². The molecule has 0 aromatic heterocycles. The first kappa shape index (κ1) is 12.6. The predicted molar refractivity (Wildman–Crippen MR) is 73.1 cm³/mol. The molecule has 0 spiro atoms. The molecular formula is C15H20N2O2. The van der Waals surface area contributed by atoms with E-state index in [1.807, 2.05) is 0 Å². The predicted octanol–water partition coefficient (Wildman–Crippen LogP) is 1.42. The Labute approximate surface area is 113 Å². The monoisotopic (exact) mass is 260 g/mol. The van der Waals surface area contributed by atoms with Crippen LogP contribution in [0, 0.1) is 0 Å². The first-order valence-corrected chi connectivity index (χ1v) is 7.04. The third kappa shape index (κ3) is 2.38. The van der Waals surface area contributed by atoms with E-state index in [1.54, 1.807) is 0 Å². The van der Waals surface area contributed by atoms with E-state index in [4.69, 9.17) is 0 Å². The number of aliphatic carboxylic acids is 1. The maximum Gasteiger partial charge on any atom is 0.322 e. The van der Waals surface area contributed by atoms with Crippen molar-refractivity contribution in [2.45, 2.75) is 31.3 Å². The van der Waals surface area contributed by atoms with Gasteiger partial charge in [-0.25, -0.2) is 0 Å². The molecule has 4 heteroatoms. The number of hydrogen-bond acceptors (Lipinski definition) is 3. The van der Waals surface area contributed by atoms with Crippen LogP contribution < -0.4 is 5.32 Å². The van der Waals surface area contributed by atoms with E-state index >= 15 is 0 Å². The molecule has 0 radical (unpaired) electrons. The van der Waals surface area contributed by atoms with Crippen LogP contribution in [0.4, 0.5) is 0 Å². The smallest absolute Gasteiger partial charge is 0.322 e. The van der Waals surface area contributed by atoms with Gasteiger partial charge in [-0.3, -0.25) is 9.69 Å². The Bertz CT molecular complexity index is 475. The quantitative estimate of drug-likeness (QED) is 0.844. The van der Waals surface area contributed by atoms with Crippen molar-refractivity contribution >= 4 is 5.97 Å². The summed E-state index contributed by atoms with van der Waals surface area (Å²) in [5.74, 6) is -0.713. The van der Waals surface area contributed by atoms with Gasteiger partial charge >= 0.3 is 5.97 Å². The van der Waals surface area contributed by atoms with Gasteiger partial charge in [-0.15, -0.1) is 0 Å². The zero-order chi connectivity index (χ0) is 13.2. The van der Waals surface area contributed by atoms with Crippen LogP contribution >= 0.6 is 0 Å². The molecular weight excluding hydrogens is 240 g/mol. The van der Waals surface area contributed by atoms with Crippen molar-refractivity contribution in [1.29, 1.82) is 0 Å². The number of fused-ring (bicyclic) bond motifs is 1. The Morgan fingerprint density at radius 2 is 2.21 bits per heavy atom. The molecule has 3 rings (SSSR count). The third-order valence-electron chi connectivity index (χ3n) is 4.31. The second kappa shape index (κ2) is 5.31. The van der Waals surface area contributed by atoms with Crippen LogP contribution in [0.15, 0.2) is 24.3 Å². The Kier molecular flexibility index (Phi) is 3.53. The summed E-state index contributed by atoms with van der Waals surface area (Å²) in [5.41, 5.74) is 2.73. The molecule has 2 unspecified atom stereocenters. The number of carboxylic acids is 1. The molecule has 1 fully saturated rings. The Hall–Kier alpha value is -1.39. The summed E-state index contributed by atoms with van der Waals surface area (Å²) in [6.07, 6.45) is 3.34. The fourth-order valence-corrected chi connectivity index (χ4v) is 3.40. The van der Waals surface area contributed by atoms with Crippen LogP contribution in [0.5, 0.6) is 0 Å². The van der Waals surface area contributed by atoms with Gasteiger partial charge in [-0.05, 0) is 30.4 Å². The zero-order valence-electron chi connectivity index (χ0n) is 11.0. The van der Waals surface area contributed by atoms with Gasteiger partial charge in [0, 0.05) is 25.7 Å². The maximum absolute atomic E-state index is 11.4. The summed E-state index contributed by atoms with van der Waals surface area (Å²) in [6, 6.07) is 8.36. The van der Waals surface area contributed by atoms with Crippen LogP contribution in [0.3, 0.4) is 0 Å². The molecule has 19 heavy (non-hydrogen) atoms. The maximum atomic E-state index is 11.4. The van der Waals surface area contributed by atoms with E-state index in [-0.39, 0.29) is 6.04 Å². The number of carboxylic acid groups (broad SMARTS) is 1. The van der Waals surface area contributed by atoms with E-state index < -0.39 is 12.0 Å². The van der Waals surface area contributed by atoms with Gasteiger partial charge in [0.15, 0.2) is 0 Å². The van der Waals surface area contributed by atoms with Crippen molar-refractivity contribution in [2.75, 3.05) is 19.6 Å². The van der Waals surface area contributed by atoms with Crippen LogP contribution in [0.2, 0.25) is 0 Å². The second-order valence-corrected chi connectivity index (χ2v) is 5.40. The number of hydrogen-bond donors (Lipinski definition) is 2. The first-order chi connectivity index (χ1) is 9.27. The van der Waals surface area contributed by atoms with E-state index in [2.05, 4.69) is 34.5 Å². The lowest BCUT2D eigenvalue weighted by Crippen LogP contribution is -2.56. The van der Waals surface area contributed by atoms with E-state index in [0.717, 1.165) is 32.4 Å². The standard InChI is InChI=1S/C15H20N2O2/c18-15(19)14-10-16-8-9-17(14)13-7-3-5-11-4-1-2-6-12(11)13/h1-2,4,6,13-14,16H,3,5,7-10H2,(H,18,19). The fourth-order valence-electron chi connectivity index (χ4n) is 3.40. The molecule has 1 saturated heterocycles. The first-order valence-electron chi connectivity index (χ1n) is 7.04. The lowest BCUT2D eigenvalue weighted by Gasteiger charge is -2.41. The van der Waals surface area contributed by atoms with Crippen molar-refractivity contribution in [3.63, 3.8) is 0 Å². The van der Waals surface area contributed by atoms with Crippen LogP contribution in [-0.4, -0.2) is 41.7 Å². The van der Waals surface area contributed by atoms with Gasteiger partial charge < -0.3 is 10.4 Å². The van der Waals surface area contributed by atoms with Gasteiger partial charge in [0.2, 0.25) is 0 Å². The van der Waals surface area contributed by atoms with Crippen molar-refractivity contribution in [2.24, 2.45) is 0 Å². The summed E-state index contributed by atoms with van der Waals surface area (Å²) >= 11 is 0. The highest BCUT2D eigenvalue weighted by molar-refractivity contribution is 5.74. The van der Waals surface area contributed by atoms with Gasteiger partial charge in [-0.2, -0.15) is 0 Å². The molecule has 1 aliphatic carbocycles. The molecule has 2 aliphatic rings. The fraction of sp³-hybridized carbons (Fsp3) is 0.533. The molecule has 0 amide bonds. The molecule has 4 nitrogen and oxygen atoms in total. The normalized spacial score (nSPS) is 27.8. The number of benzene rings is 1. The molecule has 0 bridgehead atoms. The SMILES string of the molecule is O=C(O)C1CNCCN1C1CCCc2ccccc21. The highest BCUT2D eigenvalue weighted by Gasteiger charge is 2.35. The summed E-state index contributed by atoms with van der Waals surface area (Å²) in [4.78, 5) is 13.6. The lowest BCUT2D eigenvalue weighted by molar-refractivity contribution is -0.145. The minimum Gasteiger partial charge on any atom is -0.480 e. The van der Waals surface area contributed by atoms with Crippen molar-refractivity contribution in [3.05, 3.63) is 35.4 Å². The van der Waals surface area contributed by atoms with E-state index in [1.165, 1.54) is 11.1 Å². The molecule has 1 heterocycles. The molecule has 2 N–H and O–H groups in total. The van der Waals surface area contributed by atoms with Crippen LogP contribution in [0.1, 0.15) is 30.0 Å². The number of rotatable bonds is 2. The highest BCUT2D eigenvalue weighted by atomic mass is 16.4. The van der Waals surface area contributed by atoms with Gasteiger partial charge in [0.1, 0.15) is 6.04 Å². The zero-order valence-corrected chi connectivity index (χ0v) is 11.0. The number of aryl methyl sites for hydroxylation is 1. The number of nitrogens with one attached hydrogen (secondary N) is 1. The van der Waals surface area contributed by atoms with Crippen molar-refractivity contribution in [1.82, 2.24) is 10.2 Å². The molecule has 1 aromatic carbocycles. The Morgan fingerprint density at radius 1 is 1.37 bits per heavy atom. The summed E-state index contributed by atoms with van der Waals surface area (Å²) < 4.78 is 0. The van der Waals surface area contributed by atoms with Gasteiger partial charge in [0.05, 0.1) is 0 Å². The van der Waals surface area contributed by atoms with E-state index in [9.17, 15) is 9.90 Å². The van der Waals surface area contributed by atoms with Gasteiger partial charge in [0.25, 0.3) is 0 Å². The van der Waals surface area contributed by atoms with Crippen LogP contribution in [-0.2, 0) is 11.2 Å². The third-order valence-corrected chi connectivity index (χ3v) is 4.31. The molecule has 1 aliphatic heterocycles. The minimum atomic E-state index is -0.713. The van der Waals surface area contributed by atoms with Gasteiger partial charge in [-0.1, -0.05) is 24.3 Å². The average molecular weight is 260 g/mol. The highest BCUT2D eigenvalue weighted by Crippen LogP contribution is 2.35. The Balaban J connectivity index is 1.91. The summed E-state index contributed by atoms with van der Waals surface area (Å²) in [7, 11) is 0. The topological polar surface area (TPSA) is 52.6 Å². The largest absolute Gasteiger partial charge is 0.480 e. The number of nitrogens with zero attached hydrogens (tertiary/aromatic N) is 1. The van der Waals surface area contributed by atoms with Crippen molar-refractivity contribution < 1.29 is 9.90 Å². The molecule has 102 valence electrons. The number of piperazine rings is 1.